The number of nitrogens with one attached hydrogen (secondary N) is 2. The molecule has 3 fully saturated rings. The van der Waals surface area contributed by atoms with Gasteiger partial charge in [-0.1, -0.05) is 0 Å². The summed E-state index contributed by atoms with van der Waals surface area (Å²) in [6, 6.07) is 0.301. The van der Waals surface area contributed by atoms with Crippen LogP contribution >= 0.6 is 24.2 Å². The fraction of sp³-hybridized carbons (Fsp3) is 0.875. The van der Waals surface area contributed by atoms with Gasteiger partial charge in [-0.2, -0.15) is 11.8 Å². The van der Waals surface area contributed by atoms with E-state index in [4.69, 9.17) is 0 Å². The lowest BCUT2D eigenvalue weighted by Crippen LogP contribution is -2.48. The standard InChI is InChI=1S/C16H27N3O2S.ClH/c20-15(8-14-11-22-7-5-17-14)19-6-1-2-13(10-19)16(21)18-9-12-3-4-12;/h12-14,17H,1-11H2,(H,18,21);1H. The third kappa shape index (κ3) is 5.84. The van der Waals surface area contributed by atoms with Crippen molar-refractivity contribution < 1.29 is 9.59 Å². The van der Waals surface area contributed by atoms with E-state index in [0.29, 0.717) is 24.9 Å². The SMILES string of the molecule is Cl.O=C(NCC1CC1)C1CCCN(C(=O)CC2CSCCN2)C1. The minimum Gasteiger partial charge on any atom is -0.356 e. The Kier molecular flexibility index (Phi) is 7.50. The molecule has 0 aromatic carbocycles. The monoisotopic (exact) mass is 361 g/mol. The highest BCUT2D eigenvalue weighted by Crippen LogP contribution is 2.28. The van der Waals surface area contributed by atoms with Crippen molar-refractivity contribution in [3.63, 3.8) is 0 Å². The third-order valence-corrected chi connectivity index (χ3v) is 5.96. The van der Waals surface area contributed by atoms with Crippen molar-refractivity contribution in [2.24, 2.45) is 11.8 Å². The van der Waals surface area contributed by atoms with Crippen molar-refractivity contribution in [2.45, 2.75) is 38.1 Å². The van der Waals surface area contributed by atoms with Crippen molar-refractivity contribution in [1.82, 2.24) is 15.5 Å². The Balaban J connectivity index is 0.00000192. The molecule has 0 spiro atoms. The predicted molar refractivity (Wildman–Crippen MR) is 96.0 cm³/mol. The molecule has 23 heavy (non-hydrogen) atoms. The summed E-state index contributed by atoms with van der Waals surface area (Å²) in [6.45, 7) is 3.24. The Morgan fingerprint density at radius 3 is 2.78 bits per heavy atom. The van der Waals surface area contributed by atoms with Crippen molar-refractivity contribution in [2.75, 3.05) is 37.7 Å². The normalized spacial score (nSPS) is 27.9. The molecule has 7 heteroatoms. The Bertz CT molecular complexity index is 414. The molecular weight excluding hydrogens is 334 g/mol. The van der Waals surface area contributed by atoms with Crippen molar-refractivity contribution >= 4 is 36.0 Å². The van der Waals surface area contributed by atoms with E-state index in [1.807, 2.05) is 16.7 Å². The summed E-state index contributed by atoms with van der Waals surface area (Å²) in [5.74, 6) is 3.21. The van der Waals surface area contributed by atoms with E-state index >= 15 is 0 Å². The van der Waals surface area contributed by atoms with Gasteiger partial charge in [0.15, 0.2) is 0 Å². The molecule has 2 N–H and O–H groups in total. The van der Waals surface area contributed by atoms with Gasteiger partial charge in [0.2, 0.25) is 11.8 Å². The predicted octanol–water partition coefficient (Wildman–Crippen LogP) is 1.27. The molecular formula is C16H28ClN3O2S. The van der Waals surface area contributed by atoms with E-state index in [1.165, 1.54) is 12.8 Å². The number of rotatable bonds is 5. The first-order valence-corrected chi connectivity index (χ1v) is 9.74. The summed E-state index contributed by atoms with van der Waals surface area (Å²) in [4.78, 5) is 26.6. The van der Waals surface area contributed by atoms with Crippen LogP contribution < -0.4 is 10.6 Å². The maximum absolute atomic E-state index is 12.5. The molecule has 5 nitrogen and oxygen atoms in total. The zero-order valence-corrected chi connectivity index (χ0v) is 15.2. The average molecular weight is 362 g/mol. The fourth-order valence-corrected chi connectivity index (χ4v) is 4.17. The minimum absolute atomic E-state index is 0. The summed E-state index contributed by atoms with van der Waals surface area (Å²) in [6.07, 6.45) is 4.94. The van der Waals surface area contributed by atoms with Crippen LogP contribution in [0, 0.1) is 11.8 Å². The number of likely N-dealkylation sites (tertiary alicyclic amines) is 1. The van der Waals surface area contributed by atoms with Crippen LogP contribution in [0.15, 0.2) is 0 Å². The summed E-state index contributed by atoms with van der Waals surface area (Å²) in [5, 5.41) is 6.48. The quantitative estimate of drug-likeness (QED) is 0.774. The summed E-state index contributed by atoms with van der Waals surface area (Å²) in [5.41, 5.74) is 0. The Labute approximate surface area is 149 Å². The topological polar surface area (TPSA) is 61.4 Å². The second-order valence-electron chi connectivity index (χ2n) is 6.80. The van der Waals surface area contributed by atoms with Crippen LogP contribution in [0.5, 0.6) is 0 Å². The lowest BCUT2D eigenvalue weighted by molar-refractivity contribution is -0.136. The van der Waals surface area contributed by atoms with Crippen LogP contribution in [0.2, 0.25) is 0 Å². The van der Waals surface area contributed by atoms with E-state index in [9.17, 15) is 9.59 Å². The van der Waals surface area contributed by atoms with Crippen molar-refractivity contribution in [1.29, 1.82) is 0 Å². The third-order valence-electron chi connectivity index (χ3n) is 4.83. The minimum atomic E-state index is -0.00913. The maximum Gasteiger partial charge on any atom is 0.224 e. The smallest absolute Gasteiger partial charge is 0.224 e. The van der Waals surface area contributed by atoms with Crippen LogP contribution in [0.25, 0.3) is 0 Å². The zero-order chi connectivity index (χ0) is 15.4. The summed E-state index contributed by atoms with van der Waals surface area (Å²) in [7, 11) is 0. The number of carbonyl (C=O) groups is 2. The molecule has 2 atom stereocenters. The molecule has 2 aliphatic heterocycles. The number of amides is 2. The first-order chi connectivity index (χ1) is 10.7. The number of halogens is 1. The Morgan fingerprint density at radius 2 is 2.09 bits per heavy atom. The van der Waals surface area contributed by atoms with Crippen molar-refractivity contribution in [3.05, 3.63) is 0 Å². The number of carbonyl (C=O) groups excluding carboxylic acids is 2. The molecule has 1 aliphatic carbocycles. The highest BCUT2D eigenvalue weighted by molar-refractivity contribution is 7.99. The molecule has 2 amide bonds. The van der Waals surface area contributed by atoms with Gasteiger partial charge in [-0.25, -0.2) is 0 Å². The molecule has 1 saturated carbocycles. The number of thioether (sulfide) groups is 1. The van der Waals surface area contributed by atoms with Gasteiger partial charge in [-0.05, 0) is 31.6 Å². The van der Waals surface area contributed by atoms with Gasteiger partial charge in [0, 0.05) is 50.1 Å². The molecule has 3 rings (SSSR count). The van der Waals surface area contributed by atoms with Gasteiger partial charge in [-0.3, -0.25) is 9.59 Å². The molecule has 0 aromatic rings. The Morgan fingerprint density at radius 1 is 1.26 bits per heavy atom. The van der Waals surface area contributed by atoms with Gasteiger partial charge in [0.05, 0.1) is 5.92 Å². The van der Waals surface area contributed by atoms with Crippen LogP contribution in [0.1, 0.15) is 32.1 Å². The van der Waals surface area contributed by atoms with Gasteiger partial charge >= 0.3 is 0 Å². The summed E-state index contributed by atoms with van der Waals surface area (Å²) >= 11 is 1.91. The number of nitrogens with zero attached hydrogens (tertiary/aromatic N) is 1. The van der Waals surface area contributed by atoms with Gasteiger partial charge in [0.1, 0.15) is 0 Å². The zero-order valence-electron chi connectivity index (χ0n) is 13.6. The lowest BCUT2D eigenvalue weighted by Gasteiger charge is -2.33. The van der Waals surface area contributed by atoms with Crippen molar-refractivity contribution in [3.8, 4) is 0 Å². The van der Waals surface area contributed by atoms with E-state index in [0.717, 1.165) is 44.0 Å². The van der Waals surface area contributed by atoms with E-state index in [-0.39, 0.29) is 30.1 Å². The fourth-order valence-electron chi connectivity index (χ4n) is 3.22. The maximum atomic E-state index is 12.5. The molecule has 132 valence electrons. The van der Waals surface area contributed by atoms with Crippen LogP contribution in [0.3, 0.4) is 0 Å². The van der Waals surface area contributed by atoms with E-state index in [1.54, 1.807) is 0 Å². The first kappa shape index (κ1) is 18.9. The second kappa shape index (κ2) is 9.14. The average Bonchev–Trinajstić information content (AvgIpc) is 3.38. The number of hydrogen-bond donors (Lipinski definition) is 2. The Hall–Kier alpha value is -0.460. The lowest BCUT2D eigenvalue weighted by atomic mass is 9.96. The number of piperidine rings is 1. The van der Waals surface area contributed by atoms with Gasteiger partial charge < -0.3 is 15.5 Å². The van der Waals surface area contributed by atoms with Gasteiger partial charge in [0.25, 0.3) is 0 Å². The molecule has 0 bridgehead atoms. The molecule has 0 radical (unpaired) electrons. The number of hydrogen-bond acceptors (Lipinski definition) is 4. The summed E-state index contributed by atoms with van der Waals surface area (Å²) < 4.78 is 0. The highest BCUT2D eigenvalue weighted by Gasteiger charge is 2.30. The van der Waals surface area contributed by atoms with E-state index < -0.39 is 0 Å². The largest absolute Gasteiger partial charge is 0.356 e. The molecule has 2 saturated heterocycles. The molecule has 2 unspecified atom stereocenters. The molecule has 2 heterocycles. The van der Waals surface area contributed by atoms with Crippen LogP contribution in [-0.2, 0) is 9.59 Å². The first-order valence-electron chi connectivity index (χ1n) is 8.59. The van der Waals surface area contributed by atoms with Gasteiger partial charge in [-0.15, -0.1) is 12.4 Å². The van der Waals surface area contributed by atoms with Crippen LogP contribution in [0.4, 0.5) is 0 Å². The molecule has 0 aromatic heterocycles. The highest BCUT2D eigenvalue weighted by atomic mass is 35.5. The second-order valence-corrected chi connectivity index (χ2v) is 7.95. The van der Waals surface area contributed by atoms with E-state index in [2.05, 4.69) is 10.6 Å². The van der Waals surface area contributed by atoms with Crippen LogP contribution in [-0.4, -0.2) is 60.4 Å². The molecule has 3 aliphatic rings.